The predicted molar refractivity (Wildman–Crippen MR) is 80.2 cm³/mol. The third-order valence-electron chi connectivity index (χ3n) is 3.04. The molecule has 1 aliphatic heterocycles. The molecule has 0 aromatic rings. The minimum absolute atomic E-state index is 0.126. The minimum Gasteiger partial charge on any atom is -0.459 e. The van der Waals surface area contributed by atoms with E-state index in [1.54, 1.807) is 13.8 Å². The minimum atomic E-state index is -1.15. The second-order valence-electron chi connectivity index (χ2n) is 5.38. The molecule has 0 fully saturated rings. The molecule has 0 aromatic heterocycles. The van der Waals surface area contributed by atoms with E-state index in [4.69, 9.17) is 14.2 Å². The number of aliphatic hydroxyl groups excluding tert-OH is 1. The number of ether oxygens (including phenoxy) is 3. The number of cyclic esters (lactones) is 3. The van der Waals surface area contributed by atoms with Gasteiger partial charge in [-0.05, 0) is 26.8 Å². The van der Waals surface area contributed by atoms with Gasteiger partial charge in [-0.1, -0.05) is 6.08 Å². The predicted octanol–water partition coefficient (Wildman–Crippen LogP) is 1.05. The van der Waals surface area contributed by atoms with Gasteiger partial charge in [-0.15, -0.1) is 0 Å². The van der Waals surface area contributed by atoms with Gasteiger partial charge in [0.1, 0.15) is 24.4 Å². The highest BCUT2D eigenvalue weighted by Crippen LogP contribution is 2.08. The fourth-order valence-corrected chi connectivity index (χ4v) is 1.81. The molecule has 1 heterocycles. The van der Waals surface area contributed by atoms with E-state index in [-0.39, 0.29) is 6.42 Å². The summed E-state index contributed by atoms with van der Waals surface area (Å²) in [6.45, 7) is 4.74. The van der Waals surface area contributed by atoms with Crippen molar-refractivity contribution in [1.82, 2.24) is 0 Å². The fourth-order valence-electron chi connectivity index (χ4n) is 1.81. The van der Waals surface area contributed by atoms with Gasteiger partial charge in [-0.25, -0.2) is 9.59 Å². The van der Waals surface area contributed by atoms with E-state index in [1.165, 1.54) is 25.2 Å². The van der Waals surface area contributed by atoms with E-state index in [1.807, 2.05) is 0 Å². The normalized spacial score (nSPS) is 31.2. The molecule has 0 spiro atoms. The zero-order valence-electron chi connectivity index (χ0n) is 13.4. The maximum atomic E-state index is 11.7. The van der Waals surface area contributed by atoms with Crippen molar-refractivity contribution in [2.75, 3.05) is 0 Å². The Morgan fingerprint density at radius 3 is 2.26 bits per heavy atom. The number of hydrogen-bond acceptors (Lipinski definition) is 7. The van der Waals surface area contributed by atoms with E-state index in [9.17, 15) is 19.5 Å². The zero-order chi connectivity index (χ0) is 17.4. The molecule has 0 saturated heterocycles. The Labute approximate surface area is 134 Å². The van der Waals surface area contributed by atoms with Crippen molar-refractivity contribution in [3.63, 3.8) is 0 Å². The van der Waals surface area contributed by atoms with Gasteiger partial charge in [0.2, 0.25) is 0 Å². The topological polar surface area (TPSA) is 99.1 Å². The molecule has 1 rings (SSSR count). The van der Waals surface area contributed by atoms with Crippen LogP contribution in [-0.2, 0) is 28.6 Å². The Kier molecular flexibility index (Phi) is 7.47. The van der Waals surface area contributed by atoms with Crippen molar-refractivity contribution >= 4 is 17.9 Å². The van der Waals surface area contributed by atoms with E-state index >= 15 is 0 Å². The number of rotatable bonds is 0. The summed E-state index contributed by atoms with van der Waals surface area (Å²) in [5.41, 5.74) is 0. The lowest BCUT2D eigenvalue weighted by Gasteiger charge is -2.18. The molecule has 0 unspecified atom stereocenters. The fraction of sp³-hybridized carbons (Fsp3) is 0.562. The van der Waals surface area contributed by atoms with E-state index < -0.39 is 42.3 Å². The van der Waals surface area contributed by atoms with Crippen LogP contribution < -0.4 is 0 Å². The van der Waals surface area contributed by atoms with Crippen molar-refractivity contribution in [1.29, 1.82) is 0 Å². The maximum Gasteiger partial charge on any atom is 0.330 e. The van der Waals surface area contributed by atoms with Gasteiger partial charge in [-0.3, -0.25) is 4.79 Å². The molecule has 0 amide bonds. The number of carbonyl (C=O) groups excluding carboxylic acids is 3. The van der Waals surface area contributed by atoms with E-state index in [0.29, 0.717) is 6.42 Å². The van der Waals surface area contributed by atoms with Crippen molar-refractivity contribution in [2.45, 2.75) is 58.0 Å². The average molecular weight is 326 g/mol. The molecule has 0 aliphatic carbocycles. The SMILES string of the molecule is C[C@@H]1CC(=O)O[C@@H](C)[C@H](O)C=CC(=O)O[C@@H](C)CC=CC(=O)O1. The molecule has 7 heteroatoms. The van der Waals surface area contributed by atoms with Crippen LogP contribution in [0.1, 0.15) is 33.6 Å². The molecule has 128 valence electrons. The molecular formula is C16H22O7. The Balaban J connectivity index is 2.82. The highest BCUT2D eigenvalue weighted by molar-refractivity contribution is 5.83. The smallest absolute Gasteiger partial charge is 0.330 e. The lowest BCUT2D eigenvalue weighted by molar-refractivity contribution is -0.157. The monoisotopic (exact) mass is 326 g/mol. The highest BCUT2D eigenvalue weighted by Gasteiger charge is 2.20. The van der Waals surface area contributed by atoms with Crippen molar-refractivity contribution in [2.24, 2.45) is 0 Å². The maximum absolute atomic E-state index is 11.7. The van der Waals surface area contributed by atoms with Crippen LogP contribution in [0.5, 0.6) is 0 Å². The summed E-state index contributed by atoms with van der Waals surface area (Å²) in [4.78, 5) is 34.8. The Bertz CT molecular complexity index is 495. The average Bonchev–Trinajstić information content (AvgIpc) is 2.43. The van der Waals surface area contributed by atoms with E-state index in [0.717, 1.165) is 6.08 Å². The van der Waals surface area contributed by atoms with Gasteiger partial charge in [0.05, 0.1) is 6.42 Å². The van der Waals surface area contributed by atoms with Crippen LogP contribution in [0.3, 0.4) is 0 Å². The highest BCUT2D eigenvalue weighted by atomic mass is 16.6. The molecule has 1 aliphatic rings. The molecule has 7 nitrogen and oxygen atoms in total. The summed E-state index contributed by atoms with van der Waals surface area (Å²) in [6, 6.07) is 0. The molecule has 0 aromatic carbocycles. The van der Waals surface area contributed by atoms with Crippen molar-refractivity contribution in [3.05, 3.63) is 24.3 Å². The molecule has 1 N–H and O–H groups in total. The van der Waals surface area contributed by atoms with Gasteiger partial charge in [0, 0.05) is 18.6 Å². The molecular weight excluding hydrogens is 304 g/mol. The second kappa shape index (κ2) is 9.09. The summed E-state index contributed by atoms with van der Waals surface area (Å²) in [5.74, 6) is -1.84. The Morgan fingerprint density at radius 1 is 0.957 bits per heavy atom. The number of aliphatic hydroxyl groups is 1. The van der Waals surface area contributed by atoms with Crippen LogP contribution in [0.2, 0.25) is 0 Å². The van der Waals surface area contributed by atoms with Crippen LogP contribution in [0, 0.1) is 0 Å². The summed E-state index contributed by atoms with van der Waals surface area (Å²) in [6.07, 6.45) is 2.17. The quantitative estimate of drug-likeness (QED) is 0.524. The van der Waals surface area contributed by atoms with Crippen molar-refractivity contribution in [3.8, 4) is 0 Å². The first kappa shape index (κ1) is 18.9. The van der Waals surface area contributed by atoms with Gasteiger partial charge in [-0.2, -0.15) is 0 Å². The molecule has 23 heavy (non-hydrogen) atoms. The van der Waals surface area contributed by atoms with Crippen LogP contribution in [-0.4, -0.2) is 47.4 Å². The van der Waals surface area contributed by atoms with Crippen LogP contribution >= 0.6 is 0 Å². The lowest BCUT2D eigenvalue weighted by atomic mass is 10.2. The largest absolute Gasteiger partial charge is 0.459 e. The van der Waals surface area contributed by atoms with Crippen LogP contribution in [0.4, 0.5) is 0 Å². The zero-order valence-corrected chi connectivity index (χ0v) is 13.4. The third-order valence-corrected chi connectivity index (χ3v) is 3.04. The molecule has 0 bridgehead atoms. The first-order valence-corrected chi connectivity index (χ1v) is 7.41. The number of hydrogen-bond donors (Lipinski definition) is 1. The Morgan fingerprint density at radius 2 is 1.57 bits per heavy atom. The standard InChI is InChI=1S/C16H22O7/c1-10-5-4-6-14(18)22-11(2)9-16(20)23-12(3)13(17)7-8-15(19)21-10/h4,6-8,10-13,17H,5,9H2,1-3H3/t10-,11+,12-,13+/m0/s1. The summed E-state index contributed by atoms with van der Waals surface area (Å²) in [5, 5.41) is 9.83. The van der Waals surface area contributed by atoms with E-state index in [2.05, 4.69) is 0 Å². The van der Waals surface area contributed by atoms with Gasteiger partial charge >= 0.3 is 17.9 Å². The first-order valence-electron chi connectivity index (χ1n) is 7.41. The number of esters is 3. The van der Waals surface area contributed by atoms with Gasteiger partial charge in [0.25, 0.3) is 0 Å². The lowest BCUT2D eigenvalue weighted by Crippen LogP contribution is -2.29. The van der Waals surface area contributed by atoms with Crippen molar-refractivity contribution < 1.29 is 33.7 Å². The summed E-state index contributed by atoms with van der Waals surface area (Å²) >= 11 is 0. The Hall–Kier alpha value is -2.15. The van der Waals surface area contributed by atoms with Crippen LogP contribution in [0.25, 0.3) is 0 Å². The third kappa shape index (κ3) is 7.60. The van der Waals surface area contributed by atoms with Crippen LogP contribution in [0.15, 0.2) is 24.3 Å². The number of carbonyl (C=O) groups is 3. The van der Waals surface area contributed by atoms with Gasteiger partial charge < -0.3 is 19.3 Å². The van der Waals surface area contributed by atoms with Gasteiger partial charge in [0.15, 0.2) is 0 Å². The first-order chi connectivity index (χ1) is 10.8. The summed E-state index contributed by atoms with van der Waals surface area (Å²) in [7, 11) is 0. The molecule has 0 radical (unpaired) electrons. The molecule has 0 saturated carbocycles. The second-order valence-corrected chi connectivity index (χ2v) is 5.38. The summed E-state index contributed by atoms with van der Waals surface area (Å²) < 4.78 is 15.1. The molecule has 4 atom stereocenters.